The first-order valence-electron chi connectivity index (χ1n) is 11.8. The topological polar surface area (TPSA) is 100 Å². The Morgan fingerprint density at radius 1 is 1.24 bits per heavy atom. The van der Waals surface area contributed by atoms with Gasteiger partial charge >= 0.3 is 6.03 Å². The van der Waals surface area contributed by atoms with Crippen LogP contribution in [0.3, 0.4) is 0 Å². The molecule has 2 aliphatic rings. The van der Waals surface area contributed by atoms with Crippen molar-refractivity contribution in [2.75, 3.05) is 33.8 Å². The number of benzene rings is 1. The Morgan fingerprint density at radius 3 is 2.64 bits per heavy atom. The molecule has 3 rings (SSSR count). The molecule has 1 saturated heterocycles. The molecule has 0 unspecified atom stereocenters. The summed E-state index contributed by atoms with van der Waals surface area (Å²) in [6.07, 6.45) is 3.53. The fraction of sp³-hybridized carbons (Fsp3) is 0.625. The predicted molar refractivity (Wildman–Crippen MR) is 124 cm³/mol. The van der Waals surface area contributed by atoms with Crippen LogP contribution < -0.4 is 20.1 Å². The Hall–Kier alpha value is -2.81. The van der Waals surface area contributed by atoms with Crippen LogP contribution in [-0.2, 0) is 16.1 Å². The van der Waals surface area contributed by atoms with Gasteiger partial charge in [-0.2, -0.15) is 0 Å². The Bertz CT molecular complexity index is 866. The second-order valence-electron chi connectivity index (χ2n) is 8.91. The third-order valence-electron chi connectivity index (χ3n) is 6.17. The van der Waals surface area contributed by atoms with Crippen molar-refractivity contribution in [3.05, 3.63) is 23.8 Å². The molecule has 0 bridgehead atoms. The Kier molecular flexibility index (Phi) is 8.18. The minimum Gasteiger partial charge on any atom is -0.490 e. The number of urea groups is 1. The fourth-order valence-electron chi connectivity index (χ4n) is 4.42. The van der Waals surface area contributed by atoms with E-state index in [2.05, 4.69) is 10.6 Å². The van der Waals surface area contributed by atoms with E-state index in [9.17, 15) is 14.4 Å². The molecular weight excluding hydrogens is 424 g/mol. The van der Waals surface area contributed by atoms with E-state index < -0.39 is 11.6 Å². The molecule has 9 nitrogen and oxygen atoms in total. The summed E-state index contributed by atoms with van der Waals surface area (Å²) in [7, 11) is 3.39. The number of hydrogen-bond acceptors (Lipinski definition) is 6. The zero-order chi connectivity index (χ0) is 24.0. The number of ether oxygens (including phenoxy) is 2. The van der Waals surface area contributed by atoms with Crippen LogP contribution in [0.2, 0.25) is 0 Å². The van der Waals surface area contributed by atoms with Gasteiger partial charge in [0.15, 0.2) is 17.6 Å². The average molecular weight is 461 g/mol. The number of carbonyl (C=O) groups excluding carboxylic acids is 3. The Morgan fingerprint density at radius 2 is 1.97 bits per heavy atom. The summed E-state index contributed by atoms with van der Waals surface area (Å²) in [5, 5.41) is 6.27. The summed E-state index contributed by atoms with van der Waals surface area (Å²) in [5.74, 6) is 0.940. The average Bonchev–Trinajstić information content (AvgIpc) is 3.34. The van der Waals surface area contributed by atoms with Crippen molar-refractivity contribution in [2.24, 2.45) is 0 Å². The van der Waals surface area contributed by atoms with Crippen LogP contribution >= 0.6 is 0 Å². The molecule has 1 aliphatic heterocycles. The third kappa shape index (κ3) is 5.76. The highest BCUT2D eigenvalue weighted by Gasteiger charge is 2.51. The molecule has 1 spiro atoms. The number of imide groups is 1. The highest BCUT2D eigenvalue weighted by atomic mass is 16.5. The van der Waals surface area contributed by atoms with Crippen molar-refractivity contribution in [3.63, 3.8) is 0 Å². The zero-order valence-corrected chi connectivity index (χ0v) is 20.1. The van der Waals surface area contributed by atoms with E-state index in [-0.39, 0.29) is 17.8 Å². The lowest BCUT2D eigenvalue weighted by molar-refractivity contribution is -0.135. The summed E-state index contributed by atoms with van der Waals surface area (Å²) in [6, 6.07) is 5.38. The van der Waals surface area contributed by atoms with E-state index in [1.165, 1.54) is 9.80 Å². The standard InChI is InChI=1S/C24H36N4O5/c1-5-32-20-15-18(9-10-19(20)33-17(2)21(29)27(3)4)16-25-13-8-14-28-22(30)24(26-23(28)31)11-6-7-12-24/h9-10,15,17,25H,5-8,11-14,16H2,1-4H3,(H,26,31)/t17-/m1/s1. The number of nitrogens with zero attached hydrogens (tertiary/aromatic N) is 2. The number of likely N-dealkylation sites (N-methyl/N-ethyl adjacent to an activating group) is 1. The second kappa shape index (κ2) is 10.9. The van der Waals surface area contributed by atoms with Gasteiger partial charge < -0.3 is 25.0 Å². The minimum atomic E-state index is -0.640. The summed E-state index contributed by atoms with van der Waals surface area (Å²) in [4.78, 5) is 39.9. The number of carbonyl (C=O) groups is 3. The zero-order valence-electron chi connectivity index (χ0n) is 20.1. The number of amides is 4. The van der Waals surface area contributed by atoms with Crippen molar-refractivity contribution in [1.29, 1.82) is 0 Å². The van der Waals surface area contributed by atoms with Crippen LogP contribution in [-0.4, -0.2) is 73.1 Å². The molecule has 182 valence electrons. The van der Waals surface area contributed by atoms with Gasteiger partial charge in [-0.1, -0.05) is 18.9 Å². The first-order valence-corrected chi connectivity index (χ1v) is 11.8. The molecule has 1 saturated carbocycles. The molecule has 2 fully saturated rings. The first kappa shape index (κ1) is 24.8. The first-order chi connectivity index (χ1) is 15.8. The molecule has 1 aliphatic carbocycles. The maximum absolute atomic E-state index is 12.7. The van der Waals surface area contributed by atoms with Crippen LogP contribution in [0.25, 0.3) is 0 Å². The largest absolute Gasteiger partial charge is 0.490 e. The molecule has 1 aromatic rings. The molecule has 33 heavy (non-hydrogen) atoms. The SMILES string of the molecule is CCOc1cc(CNCCCN2C(=O)NC3(CCCC3)C2=O)ccc1O[C@H](C)C(=O)N(C)C. The van der Waals surface area contributed by atoms with E-state index in [1.54, 1.807) is 21.0 Å². The molecule has 1 aromatic carbocycles. The van der Waals surface area contributed by atoms with Gasteiger partial charge in [0, 0.05) is 27.2 Å². The molecule has 9 heteroatoms. The van der Waals surface area contributed by atoms with E-state index in [1.807, 2.05) is 25.1 Å². The number of nitrogens with one attached hydrogen (secondary N) is 2. The van der Waals surface area contributed by atoms with E-state index in [0.717, 1.165) is 31.2 Å². The van der Waals surface area contributed by atoms with Gasteiger partial charge in [-0.05, 0) is 57.4 Å². The normalized spacial score (nSPS) is 17.9. The van der Waals surface area contributed by atoms with E-state index >= 15 is 0 Å². The van der Waals surface area contributed by atoms with E-state index in [0.29, 0.717) is 44.2 Å². The summed E-state index contributed by atoms with van der Waals surface area (Å²) < 4.78 is 11.5. The van der Waals surface area contributed by atoms with Gasteiger partial charge in [-0.3, -0.25) is 14.5 Å². The van der Waals surface area contributed by atoms with Crippen LogP contribution in [0.5, 0.6) is 11.5 Å². The van der Waals surface area contributed by atoms with Gasteiger partial charge in [0.05, 0.1) is 6.61 Å². The van der Waals surface area contributed by atoms with Gasteiger partial charge in [-0.15, -0.1) is 0 Å². The van der Waals surface area contributed by atoms with Gasteiger partial charge in [0.1, 0.15) is 5.54 Å². The van der Waals surface area contributed by atoms with Crippen LogP contribution in [0, 0.1) is 0 Å². The maximum Gasteiger partial charge on any atom is 0.325 e. The molecular formula is C24H36N4O5. The van der Waals surface area contributed by atoms with Crippen molar-refractivity contribution < 1.29 is 23.9 Å². The van der Waals surface area contributed by atoms with Crippen LogP contribution in [0.1, 0.15) is 51.5 Å². The van der Waals surface area contributed by atoms with Gasteiger partial charge in [-0.25, -0.2) is 4.79 Å². The van der Waals surface area contributed by atoms with Crippen LogP contribution in [0.4, 0.5) is 4.79 Å². The molecule has 1 heterocycles. The smallest absolute Gasteiger partial charge is 0.325 e. The van der Waals surface area contributed by atoms with Crippen molar-refractivity contribution >= 4 is 17.8 Å². The number of hydrogen-bond donors (Lipinski definition) is 2. The number of rotatable bonds is 11. The van der Waals surface area contributed by atoms with Crippen molar-refractivity contribution in [1.82, 2.24) is 20.4 Å². The molecule has 2 N–H and O–H groups in total. The van der Waals surface area contributed by atoms with Crippen LogP contribution in [0.15, 0.2) is 18.2 Å². The summed E-state index contributed by atoms with van der Waals surface area (Å²) >= 11 is 0. The molecule has 0 radical (unpaired) electrons. The highest BCUT2D eigenvalue weighted by molar-refractivity contribution is 6.07. The fourth-order valence-corrected chi connectivity index (χ4v) is 4.42. The second-order valence-corrected chi connectivity index (χ2v) is 8.91. The highest BCUT2D eigenvalue weighted by Crippen LogP contribution is 2.35. The monoisotopic (exact) mass is 460 g/mol. The summed E-state index contributed by atoms with van der Waals surface area (Å²) in [5.41, 5.74) is 0.371. The molecule has 4 amide bonds. The predicted octanol–water partition coefficient (Wildman–Crippen LogP) is 2.29. The van der Waals surface area contributed by atoms with E-state index in [4.69, 9.17) is 9.47 Å². The molecule has 1 atom stereocenters. The Labute approximate surface area is 195 Å². The van der Waals surface area contributed by atoms with Gasteiger partial charge in [0.25, 0.3) is 11.8 Å². The quantitative estimate of drug-likeness (QED) is 0.388. The lowest BCUT2D eigenvalue weighted by Gasteiger charge is -2.20. The Balaban J connectivity index is 1.48. The summed E-state index contributed by atoms with van der Waals surface area (Å²) in [6.45, 7) is 5.78. The van der Waals surface area contributed by atoms with Crippen molar-refractivity contribution in [2.45, 2.75) is 64.1 Å². The third-order valence-corrected chi connectivity index (χ3v) is 6.17. The minimum absolute atomic E-state index is 0.0658. The molecule has 0 aromatic heterocycles. The lowest BCUT2D eigenvalue weighted by atomic mass is 9.98. The van der Waals surface area contributed by atoms with Crippen molar-refractivity contribution in [3.8, 4) is 11.5 Å². The lowest BCUT2D eigenvalue weighted by Crippen LogP contribution is -2.44. The van der Waals surface area contributed by atoms with Gasteiger partial charge in [0.2, 0.25) is 0 Å². The maximum atomic E-state index is 12.7.